The summed E-state index contributed by atoms with van der Waals surface area (Å²) in [5.74, 6) is 0.517. The number of nitrogens with zero attached hydrogens (tertiary/aromatic N) is 2. The zero-order chi connectivity index (χ0) is 10.1. The number of rotatable bonds is 2. The normalized spacial score (nSPS) is 11.5. The zero-order valence-corrected chi connectivity index (χ0v) is 7.34. The molecule has 0 bridgehead atoms. The minimum atomic E-state index is -4.92. The highest BCUT2D eigenvalue weighted by molar-refractivity contribution is 6.73. The molecule has 0 aliphatic heterocycles. The van der Waals surface area contributed by atoms with E-state index < -0.39 is 12.4 Å². The molecule has 0 amide bonds. The predicted molar refractivity (Wildman–Crippen MR) is 47.3 cm³/mol. The number of pyridine rings is 1. The number of aromatic nitrogens is 1. The second-order valence-electron chi connectivity index (χ2n) is 2.92. The molecule has 72 valence electrons. The summed E-state index contributed by atoms with van der Waals surface area (Å²) in [4.78, 5) is 5.31. The molecule has 0 N–H and O–H groups in total. The highest BCUT2D eigenvalue weighted by Crippen LogP contribution is 2.10. The Morgan fingerprint density at radius 3 is 2.15 bits per heavy atom. The first-order chi connectivity index (χ1) is 5.91. The molecule has 1 aromatic heterocycles. The lowest BCUT2D eigenvalue weighted by Crippen LogP contribution is -2.34. The first kappa shape index (κ1) is 9.89. The average Bonchev–Trinajstić information content (AvgIpc) is 2.03. The fourth-order valence-corrected chi connectivity index (χ4v) is 0.856. The van der Waals surface area contributed by atoms with Crippen LogP contribution in [0.4, 0.5) is 18.8 Å². The SMILES string of the molecule is CN(C)c1ccc([B-](F)(F)F)cn1. The van der Waals surface area contributed by atoms with Crippen molar-refractivity contribution >= 4 is 18.3 Å². The van der Waals surface area contributed by atoms with Crippen molar-refractivity contribution < 1.29 is 12.9 Å². The van der Waals surface area contributed by atoms with Gasteiger partial charge in [0.2, 0.25) is 0 Å². The highest BCUT2D eigenvalue weighted by Gasteiger charge is 2.25. The van der Waals surface area contributed by atoms with Crippen LogP contribution in [-0.4, -0.2) is 26.1 Å². The molecule has 0 fully saturated rings. The topological polar surface area (TPSA) is 16.1 Å². The number of halogens is 3. The van der Waals surface area contributed by atoms with Gasteiger partial charge in [0.05, 0.1) is 0 Å². The third kappa shape index (κ3) is 2.37. The second kappa shape index (κ2) is 3.28. The number of hydrogen-bond donors (Lipinski definition) is 0. The van der Waals surface area contributed by atoms with Gasteiger partial charge in [-0.2, -0.15) is 0 Å². The molecule has 0 unspecified atom stereocenters. The lowest BCUT2D eigenvalue weighted by Gasteiger charge is -2.16. The van der Waals surface area contributed by atoms with Crippen molar-refractivity contribution in [1.82, 2.24) is 4.98 Å². The van der Waals surface area contributed by atoms with Crippen LogP contribution in [0.3, 0.4) is 0 Å². The molecule has 1 heterocycles. The summed E-state index contributed by atoms with van der Waals surface area (Å²) >= 11 is 0. The van der Waals surface area contributed by atoms with Gasteiger partial charge in [0.25, 0.3) is 0 Å². The van der Waals surface area contributed by atoms with Gasteiger partial charge in [-0.3, -0.25) is 0 Å². The van der Waals surface area contributed by atoms with E-state index in [-0.39, 0.29) is 0 Å². The van der Waals surface area contributed by atoms with E-state index >= 15 is 0 Å². The fraction of sp³-hybridized carbons (Fsp3) is 0.286. The Kier molecular flexibility index (Phi) is 2.49. The first-order valence-corrected chi connectivity index (χ1v) is 3.74. The minimum Gasteiger partial charge on any atom is -0.445 e. The Morgan fingerprint density at radius 2 is 1.85 bits per heavy atom. The van der Waals surface area contributed by atoms with Crippen LogP contribution in [0.1, 0.15) is 0 Å². The van der Waals surface area contributed by atoms with Crippen molar-refractivity contribution in [2.45, 2.75) is 0 Å². The van der Waals surface area contributed by atoms with Crippen LogP contribution >= 0.6 is 0 Å². The third-order valence-corrected chi connectivity index (χ3v) is 1.61. The van der Waals surface area contributed by atoms with Gasteiger partial charge in [0, 0.05) is 20.3 Å². The number of hydrogen-bond acceptors (Lipinski definition) is 2. The van der Waals surface area contributed by atoms with Gasteiger partial charge in [-0.25, -0.2) is 4.98 Å². The van der Waals surface area contributed by atoms with E-state index in [2.05, 4.69) is 4.98 Å². The Bertz CT molecular complexity index is 281. The predicted octanol–water partition coefficient (Wildman–Crippen LogP) is 1.20. The van der Waals surface area contributed by atoms with E-state index in [4.69, 9.17) is 0 Å². The average molecular weight is 189 g/mol. The smallest absolute Gasteiger partial charge is 0.445 e. The van der Waals surface area contributed by atoms with Gasteiger partial charge < -0.3 is 17.8 Å². The maximum atomic E-state index is 12.1. The summed E-state index contributed by atoms with van der Waals surface area (Å²) in [7, 11) is 3.45. The Hall–Kier alpha value is -1.20. The maximum Gasteiger partial charge on any atom is 0.511 e. The van der Waals surface area contributed by atoms with E-state index in [1.54, 1.807) is 19.0 Å². The maximum absolute atomic E-state index is 12.1. The van der Waals surface area contributed by atoms with Crippen LogP contribution in [0.15, 0.2) is 18.3 Å². The third-order valence-electron chi connectivity index (χ3n) is 1.61. The van der Waals surface area contributed by atoms with Crippen molar-refractivity contribution in [3.63, 3.8) is 0 Å². The summed E-state index contributed by atoms with van der Waals surface area (Å²) in [5.41, 5.74) is -0.661. The van der Waals surface area contributed by atoms with Gasteiger partial charge in [0.15, 0.2) is 0 Å². The molecule has 0 saturated heterocycles. The first-order valence-electron chi connectivity index (χ1n) is 3.74. The quantitative estimate of drug-likeness (QED) is 0.649. The van der Waals surface area contributed by atoms with Crippen molar-refractivity contribution in [1.29, 1.82) is 0 Å². The van der Waals surface area contributed by atoms with Gasteiger partial charge in [0.1, 0.15) is 5.82 Å². The monoisotopic (exact) mass is 189 g/mol. The molecule has 0 aliphatic rings. The van der Waals surface area contributed by atoms with Crippen LogP contribution in [0, 0.1) is 0 Å². The van der Waals surface area contributed by atoms with E-state index in [9.17, 15) is 12.9 Å². The summed E-state index contributed by atoms with van der Waals surface area (Å²) in [6.07, 6.45) is 0.856. The molecular weight excluding hydrogens is 180 g/mol. The molecule has 6 heteroatoms. The highest BCUT2D eigenvalue weighted by atomic mass is 19.4. The van der Waals surface area contributed by atoms with Gasteiger partial charge in [-0.1, -0.05) is 11.5 Å². The van der Waals surface area contributed by atoms with Crippen molar-refractivity contribution in [2.24, 2.45) is 0 Å². The molecular formula is C7H9BF3N2-. The van der Waals surface area contributed by atoms with Crippen LogP contribution in [0.2, 0.25) is 0 Å². The summed E-state index contributed by atoms with van der Waals surface area (Å²) < 4.78 is 36.4. The second-order valence-corrected chi connectivity index (χ2v) is 2.92. The molecule has 0 aliphatic carbocycles. The van der Waals surface area contributed by atoms with Crippen LogP contribution < -0.4 is 10.4 Å². The Balaban J connectivity index is 2.94. The summed E-state index contributed by atoms with van der Waals surface area (Å²) in [6, 6.07) is 2.40. The van der Waals surface area contributed by atoms with Crippen LogP contribution in [0.5, 0.6) is 0 Å². The van der Waals surface area contributed by atoms with Crippen molar-refractivity contribution in [3.05, 3.63) is 18.3 Å². The van der Waals surface area contributed by atoms with E-state index in [0.717, 1.165) is 12.3 Å². The van der Waals surface area contributed by atoms with E-state index in [1.807, 2.05) is 0 Å². The molecule has 1 aromatic rings. The fourth-order valence-electron chi connectivity index (χ4n) is 0.856. The summed E-state index contributed by atoms with van der Waals surface area (Å²) in [6.45, 7) is -4.92. The van der Waals surface area contributed by atoms with E-state index in [1.165, 1.54) is 6.07 Å². The zero-order valence-electron chi connectivity index (χ0n) is 7.34. The van der Waals surface area contributed by atoms with Gasteiger partial charge >= 0.3 is 6.98 Å². The largest absolute Gasteiger partial charge is 0.511 e. The van der Waals surface area contributed by atoms with Crippen molar-refractivity contribution in [2.75, 3.05) is 19.0 Å². The minimum absolute atomic E-state index is 0.517. The van der Waals surface area contributed by atoms with Crippen molar-refractivity contribution in [3.8, 4) is 0 Å². The Morgan fingerprint density at radius 1 is 1.23 bits per heavy atom. The standard InChI is InChI=1S/C7H9BF3N2/c1-13(2)7-4-3-6(5-12-7)8(9,10)11/h3-5H,1-2H3/q-1. The molecule has 1 rings (SSSR count). The molecule has 13 heavy (non-hydrogen) atoms. The van der Waals surface area contributed by atoms with Crippen LogP contribution in [-0.2, 0) is 0 Å². The van der Waals surface area contributed by atoms with E-state index in [0.29, 0.717) is 5.82 Å². The molecule has 0 radical (unpaired) electrons. The molecule has 0 spiro atoms. The lowest BCUT2D eigenvalue weighted by atomic mass is 9.82. The molecule has 0 aromatic carbocycles. The molecule has 0 atom stereocenters. The van der Waals surface area contributed by atoms with Gasteiger partial charge in [-0.15, -0.1) is 0 Å². The Labute approximate surface area is 74.4 Å². The molecule has 0 saturated carbocycles. The lowest BCUT2D eigenvalue weighted by molar-refractivity contribution is 0.500. The summed E-state index contributed by atoms with van der Waals surface area (Å²) in [5, 5.41) is 0. The molecule has 2 nitrogen and oxygen atoms in total. The number of anilines is 1. The van der Waals surface area contributed by atoms with Crippen LogP contribution in [0.25, 0.3) is 0 Å². The van der Waals surface area contributed by atoms with Gasteiger partial charge in [-0.05, 0) is 6.07 Å².